The van der Waals surface area contributed by atoms with Crippen LogP contribution in [0.1, 0.15) is 0 Å². The molecule has 0 saturated heterocycles. The predicted molar refractivity (Wildman–Crippen MR) is 76.8 cm³/mol. The van der Waals surface area contributed by atoms with E-state index in [2.05, 4.69) is 48.2 Å². The number of hydrogen-bond donors (Lipinski definition) is 0. The number of nitrogens with zero attached hydrogens (tertiary/aromatic N) is 2. The number of rotatable bonds is 5. The average Bonchev–Trinajstić information content (AvgIpc) is 2.78. The monoisotopic (exact) mass is 264 g/mol. The molecule has 1 aromatic heterocycles. The highest BCUT2D eigenvalue weighted by Crippen LogP contribution is 2.31. The highest BCUT2D eigenvalue weighted by atomic mass is 32.2. The van der Waals surface area contributed by atoms with Gasteiger partial charge in [-0.1, -0.05) is 42.1 Å². The van der Waals surface area contributed by atoms with Gasteiger partial charge in [0.2, 0.25) is 0 Å². The van der Waals surface area contributed by atoms with Gasteiger partial charge in [-0.05, 0) is 19.7 Å². The molecule has 0 atom stereocenters. The van der Waals surface area contributed by atoms with Crippen LogP contribution in [0.2, 0.25) is 0 Å². The first kappa shape index (κ1) is 12.6. The summed E-state index contributed by atoms with van der Waals surface area (Å²) < 4.78 is 1.16. The molecule has 0 saturated carbocycles. The van der Waals surface area contributed by atoms with Crippen LogP contribution in [0.15, 0.2) is 40.9 Å². The highest BCUT2D eigenvalue weighted by molar-refractivity contribution is 8.01. The lowest BCUT2D eigenvalue weighted by Crippen LogP contribution is -2.14. The number of thioether (sulfide) groups is 1. The van der Waals surface area contributed by atoms with Gasteiger partial charge in [-0.2, -0.15) is 0 Å². The van der Waals surface area contributed by atoms with Crippen LogP contribution in [0.3, 0.4) is 0 Å². The third-order valence-electron chi connectivity index (χ3n) is 2.31. The zero-order chi connectivity index (χ0) is 12.1. The first-order valence-electron chi connectivity index (χ1n) is 5.54. The minimum Gasteiger partial charge on any atom is -0.309 e. The normalized spacial score (nSPS) is 11.0. The Morgan fingerprint density at radius 3 is 2.71 bits per heavy atom. The Bertz CT molecular complexity index is 451. The van der Waals surface area contributed by atoms with E-state index in [1.165, 1.54) is 10.4 Å². The first-order valence-corrected chi connectivity index (χ1v) is 7.34. The van der Waals surface area contributed by atoms with E-state index in [1.807, 2.05) is 24.0 Å². The molecule has 0 aliphatic carbocycles. The maximum absolute atomic E-state index is 4.45. The Morgan fingerprint density at radius 1 is 1.24 bits per heavy atom. The Balaban J connectivity index is 1.97. The van der Waals surface area contributed by atoms with Crippen LogP contribution in [-0.2, 0) is 0 Å². The maximum Gasteiger partial charge on any atom is 0.150 e. The second kappa shape index (κ2) is 6.19. The van der Waals surface area contributed by atoms with Gasteiger partial charge in [-0.25, -0.2) is 4.98 Å². The van der Waals surface area contributed by atoms with Crippen molar-refractivity contribution in [3.8, 4) is 10.4 Å². The second-order valence-corrected chi connectivity index (χ2v) is 6.38. The summed E-state index contributed by atoms with van der Waals surface area (Å²) in [6.07, 6.45) is 1.97. The summed E-state index contributed by atoms with van der Waals surface area (Å²) in [5.74, 6) is 1.09. The quantitative estimate of drug-likeness (QED) is 0.769. The van der Waals surface area contributed by atoms with Gasteiger partial charge in [0.15, 0.2) is 0 Å². The molecule has 2 nitrogen and oxygen atoms in total. The van der Waals surface area contributed by atoms with Gasteiger partial charge in [0, 0.05) is 18.5 Å². The van der Waals surface area contributed by atoms with Crippen molar-refractivity contribution in [1.29, 1.82) is 0 Å². The lowest BCUT2D eigenvalue weighted by Gasteiger charge is -2.06. The van der Waals surface area contributed by atoms with E-state index in [4.69, 9.17) is 0 Å². The molecule has 0 fully saturated rings. The van der Waals surface area contributed by atoms with Crippen LogP contribution in [0, 0.1) is 0 Å². The molecule has 0 aliphatic rings. The van der Waals surface area contributed by atoms with E-state index in [-0.39, 0.29) is 0 Å². The molecule has 4 heteroatoms. The lowest BCUT2D eigenvalue weighted by atomic mass is 10.2. The molecule has 0 radical (unpaired) electrons. The summed E-state index contributed by atoms with van der Waals surface area (Å²) in [5.41, 5.74) is 1.25. The molecule has 1 heterocycles. The first-order chi connectivity index (χ1) is 8.25. The summed E-state index contributed by atoms with van der Waals surface area (Å²) in [4.78, 5) is 7.89. The summed E-state index contributed by atoms with van der Waals surface area (Å²) in [7, 11) is 4.19. The van der Waals surface area contributed by atoms with Crippen molar-refractivity contribution in [1.82, 2.24) is 9.88 Å². The fraction of sp³-hybridized carbons (Fsp3) is 0.308. The molecule has 0 spiro atoms. The molecule has 0 bridgehead atoms. The number of aromatic nitrogens is 1. The van der Waals surface area contributed by atoms with Crippen molar-refractivity contribution in [3.05, 3.63) is 36.5 Å². The van der Waals surface area contributed by atoms with E-state index < -0.39 is 0 Å². The topological polar surface area (TPSA) is 16.1 Å². The molecule has 1 aromatic carbocycles. The minimum atomic E-state index is 1.09. The third kappa shape index (κ3) is 3.84. The van der Waals surface area contributed by atoms with Crippen molar-refractivity contribution >= 4 is 23.1 Å². The van der Waals surface area contributed by atoms with Gasteiger partial charge in [0.1, 0.15) is 4.34 Å². The largest absolute Gasteiger partial charge is 0.309 e. The molecule has 2 aromatic rings. The molecule has 0 amide bonds. The molecule has 2 rings (SSSR count). The van der Waals surface area contributed by atoms with Gasteiger partial charge in [0.25, 0.3) is 0 Å². The fourth-order valence-electron chi connectivity index (χ4n) is 1.38. The molecule has 17 heavy (non-hydrogen) atoms. The van der Waals surface area contributed by atoms with Gasteiger partial charge in [-0.15, -0.1) is 11.3 Å². The SMILES string of the molecule is CN(C)CCSc1ncc(-c2ccccc2)s1. The van der Waals surface area contributed by atoms with E-state index in [9.17, 15) is 0 Å². The number of thiazole rings is 1. The van der Waals surface area contributed by atoms with Crippen LogP contribution >= 0.6 is 23.1 Å². The van der Waals surface area contributed by atoms with Crippen LogP contribution in [-0.4, -0.2) is 36.3 Å². The summed E-state index contributed by atoms with van der Waals surface area (Å²) in [5, 5.41) is 0. The predicted octanol–water partition coefficient (Wildman–Crippen LogP) is 3.46. The fourth-order valence-corrected chi connectivity index (χ4v) is 3.54. The second-order valence-electron chi connectivity index (χ2n) is 4.01. The standard InChI is InChI=1S/C13H16N2S2/c1-15(2)8-9-16-13-14-10-12(17-13)11-6-4-3-5-7-11/h3-7,10H,8-9H2,1-2H3. The smallest absolute Gasteiger partial charge is 0.150 e. The van der Waals surface area contributed by atoms with Gasteiger partial charge in [-0.3, -0.25) is 0 Å². The lowest BCUT2D eigenvalue weighted by molar-refractivity contribution is 0.437. The summed E-state index contributed by atoms with van der Waals surface area (Å²) in [6.45, 7) is 1.09. The third-order valence-corrected chi connectivity index (χ3v) is 4.49. The zero-order valence-electron chi connectivity index (χ0n) is 10.1. The highest BCUT2D eigenvalue weighted by Gasteiger charge is 2.04. The van der Waals surface area contributed by atoms with E-state index in [1.54, 1.807) is 11.3 Å². The Labute approximate surface area is 111 Å². The van der Waals surface area contributed by atoms with Gasteiger partial charge < -0.3 is 4.90 Å². The number of benzene rings is 1. The molecule has 0 unspecified atom stereocenters. The summed E-state index contributed by atoms with van der Waals surface area (Å²) >= 11 is 3.60. The Kier molecular flexibility index (Phi) is 4.59. The molecular formula is C13H16N2S2. The van der Waals surface area contributed by atoms with Crippen molar-refractivity contribution in [2.24, 2.45) is 0 Å². The Morgan fingerprint density at radius 2 is 2.00 bits per heavy atom. The van der Waals surface area contributed by atoms with Crippen LogP contribution < -0.4 is 0 Å². The van der Waals surface area contributed by atoms with E-state index in [0.717, 1.165) is 16.6 Å². The zero-order valence-corrected chi connectivity index (χ0v) is 11.7. The molecular weight excluding hydrogens is 248 g/mol. The van der Waals surface area contributed by atoms with Crippen molar-refractivity contribution in [2.75, 3.05) is 26.4 Å². The minimum absolute atomic E-state index is 1.09. The Hall–Kier alpha value is -0.840. The van der Waals surface area contributed by atoms with Crippen LogP contribution in [0.5, 0.6) is 0 Å². The van der Waals surface area contributed by atoms with Gasteiger partial charge >= 0.3 is 0 Å². The van der Waals surface area contributed by atoms with E-state index in [0.29, 0.717) is 0 Å². The van der Waals surface area contributed by atoms with Crippen LogP contribution in [0.4, 0.5) is 0 Å². The van der Waals surface area contributed by atoms with Crippen molar-refractivity contribution < 1.29 is 0 Å². The van der Waals surface area contributed by atoms with E-state index >= 15 is 0 Å². The van der Waals surface area contributed by atoms with Crippen molar-refractivity contribution in [3.63, 3.8) is 0 Å². The van der Waals surface area contributed by atoms with Crippen molar-refractivity contribution in [2.45, 2.75) is 4.34 Å². The van der Waals surface area contributed by atoms with Gasteiger partial charge in [0.05, 0.1) is 4.88 Å². The van der Waals surface area contributed by atoms with Crippen LogP contribution in [0.25, 0.3) is 10.4 Å². The summed E-state index contributed by atoms with van der Waals surface area (Å²) in [6, 6.07) is 10.4. The average molecular weight is 264 g/mol. The molecule has 0 N–H and O–H groups in total. The maximum atomic E-state index is 4.45. The number of hydrogen-bond acceptors (Lipinski definition) is 4. The molecule has 90 valence electrons. The molecule has 0 aliphatic heterocycles.